The minimum absolute atomic E-state index is 0.178. The molecule has 1 fully saturated rings. The largest absolute Gasteiger partial charge is 0.497 e. The Morgan fingerprint density at radius 2 is 1.73 bits per heavy atom. The van der Waals surface area contributed by atoms with Crippen molar-refractivity contribution in [2.24, 2.45) is 5.73 Å². The summed E-state index contributed by atoms with van der Waals surface area (Å²) in [6.07, 6.45) is 0. The highest BCUT2D eigenvalue weighted by Gasteiger charge is 2.69. The van der Waals surface area contributed by atoms with E-state index in [0.717, 1.165) is 5.56 Å². The molecule has 3 atom stereocenters. The number of ether oxygens (including phenoxy) is 2. The van der Waals surface area contributed by atoms with Gasteiger partial charge in [-0.25, -0.2) is 8.42 Å². The zero-order valence-electron chi connectivity index (χ0n) is 14.7. The SMILES string of the molecule is CCOC[C@]1(N)[C@@H](c2ccc(OC)cc2)[C@@H]1S(=O)(=O)c1ccc(Cl)cc1. The second kappa shape index (κ2) is 7.19. The molecule has 1 saturated carbocycles. The lowest BCUT2D eigenvalue weighted by molar-refractivity contribution is 0.125. The molecule has 140 valence electrons. The molecule has 7 heteroatoms. The van der Waals surface area contributed by atoms with Crippen LogP contribution in [-0.4, -0.2) is 39.5 Å². The molecule has 0 aromatic heterocycles. The van der Waals surface area contributed by atoms with E-state index >= 15 is 0 Å². The fraction of sp³-hybridized carbons (Fsp3) is 0.368. The van der Waals surface area contributed by atoms with E-state index in [9.17, 15) is 8.42 Å². The molecule has 0 spiro atoms. The van der Waals surface area contributed by atoms with Crippen molar-refractivity contribution in [1.29, 1.82) is 0 Å². The zero-order chi connectivity index (χ0) is 18.9. The minimum atomic E-state index is -3.63. The lowest BCUT2D eigenvalue weighted by atomic mass is 10.1. The number of benzene rings is 2. The van der Waals surface area contributed by atoms with Crippen molar-refractivity contribution in [1.82, 2.24) is 0 Å². The maximum Gasteiger partial charge on any atom is 0.183 e. The van der Waals surface area contributed by atoms with Crippen molar-refractivity contribution >= 4 is 21.4 Å². The van der Waals surface area contributed by atoms with Crippen LogP contribution >= 0.6 is 11.6 Å². The van der Waals surface area contributed by atoms with Crippen LogP contribution in [0.2, 0.25) is 5.02 Å². The van der Waals surface area contributed by atoms with Crippen molar-refractivity contribution in [3.05, 3.63) is 59.1 Å². The summed E-state index contributed by atoms with van der Waals surface area (Å²) < 4.78 is 37.1. The molecule has 0 heterocycles. The van der Waals surface area contributed by atoms with Gasteiger partial charge in [0.05, 0.1) is 29.4 Å². The van der Waals surface area contributed by atoms with E-state index in [2.05, 4.69) is 0 Å². The first-order valence-corrected chi connectivity index (χ1v) is 10.3. The number of hydrogen-bond acceptors (Lipinski definition) is 5. The Balaban J connectivity index is 1.97. The van der Waals surface area contributed by atoms with Gasteiger partial charge in [-0.3, -0.25) is 0 Å². The summed E-state index contributed by atoms with van der Waals surface area (Å²) in [6.45, 7) is 2.51. The van der Waals surface area contributed by atoms with Gasteiger partial charge in [0, 0.05) is 17.5 Å². The number of halogens is 1. The van der Waals surface area contributed by atoms with Crippen molar-refractivity contribution < 1.29 is 17.9 Å². The van der Waals surface area contributed by atoms with Crippen LogP contribution in [0.1, 0.15) is 18.4 Å². The highest BCUT2D eigenvalue weighted by atomic mass is 35.5. The van der Waals surface area contributed by atoms with Crippen LogP contribution < -0.4 is 10.5 Å². The second-order valence-corrected chi connectivity index (χ2v) is 8.93. The van der Waals surface area contributed by atoms with Crippen LogP contribution in [0.4, 0.5) is 0 Å². The summed E-state index contributed by atoms with van der Waals surface area (Å²) in [7, 11) is -2.04. The maximum absolute atomic E-state index is 13.2. The van der Waals surface area contributed by atoms with E-state index in [-0.39, 0.29) is 17.4 Å². The van der Waals surface area contributed by atoms with E-state index in [1.54, 1.807) is 31.4 Å². The predicted octanol–water partition coefficient (Wildman–Crippen LogP) is 3.02. The highest BCUT2D eigenvalue weighted by molar-refractivity contribution is 7.92. The smallest absolute Gasteiger partial charge is 0.183 e. The number of rotatable bonds is 7. The molecule has 2 aromatic rings. The number of methoxy groups -OCH3 is 1. The minimum Gasteiger partial charge on any atom is -0.497 e. The maximum atomic E-state index is 13.2. The van der Waals surface area contributed by atoms with Crippen LogP contribution in [0.25, 0.3) is 0 Å². The van der Waals surface area contributed by atoms with Crippen LogP contribution in [0.5, 0.6) is 5.75 Å². The summed E-state index contributed by atoms with van der Waals surface area (Å²) in [4.78, 5) is 0.217. The predicted molar refractivity (Wildman–Crippen MR) is 102 cm³/mol. The van der Waals surface area contributed by atoms with Gasteiger partial charge in [0.1, 0.15) is 5.75 Å². The Morgan fingerprint density at radius 1 is 1.12 bits per heavy atom. The van der Waals surface area contributed by atoms with E-state index in [1.807, 2.05) is 19.1 Å². The molecule has 2 N–H and O–H groups in total. The number of hydrogen-bond donors (Lipinski definition) is 1. The van der Waals surface area contributed by atoms with Gasteiger partial charge >= 0.3 is 0 Å². The Morgan fingerprint density at radius 3 is 2.27 bits per heavy atom. The normalized spacial score (nSPS) is 25.1. The van der Waals surface area contributed by atoms with Crippen molar-refractivity contribution in [3.8, 4) is 5.75 Å². The number of nitrogens with two attached hydrogens (primary N) is 1. The van der Waals surface area contributed by atoms with Crippen LogP contribution in [0.15, 0.2) is 53.4 Å². The Kier molecular flexibility index (Phi) is 5.30. The van der Waals surface area contributed by atoms with Gasteiger partial charge in [0.15, 0.2) is 9.84 Å². The van der Waals surface area contributed by atoms with E-state index < -0.39 is 20.6 Å². The summed E-state index contributed by atoms with van der Waals surface area (Å²) >= 11 is 5.88. The fourth-order valence-electron chi connectivity index (χ4n) is 3.41. The summed E-state index contributed by atoms with van der Waals surface area (Å²) in [5.74, 6) is 0.361. The molecule has 3 rings (SSSR count). The zero-order valence-corrected chi connectivity index (χ0v) is 16.3. The molecular formula is C19H22ClNO4S. The standard InChI is InChI=1S/C19H22ClNO4S/c1-3-25-12-19(21)17(13-4-8-15(24-2)9-5-13)18(19)26(22,23)16-10-6-14(20)7-11-16/h4-11,17-18H,3,12,21H2,1-2H3/t17-,18-,19-/m0/s1. The molecule has 26 heavy (non-hydrogen) atoms. The van der Waals surface area contributed by atoms with Gasteiger partial charge in [0.25, 0.3) is 0 Å². The molecule has 0 radical (unpaired) electrons. The molecule has 0 bridgehead atoms. The monoisotopic (exact) mass is 395 g/mol. The third-order valence-corrected chi connectivity index (χ3v) is 7.37. The quantitative estimate of drug-likeness (QED) is 0.779. The molecule has 0 aliphatic heterocycles. The average molecular weight is 396 g/mol. The lowest BCUT2D eigenvalue weighted by Crippen LogP contribution is -2.36. The molecule has 0 amide bonds. The Hall–Kier alpha value is -1.60. The first-order valence-electron chi connectivity index (χ1n) is 8.34. The first-order chi connectivity index (χ1) is 12.3. The molecular weight excluding hydrogens is 374 g/mol. The molecule has 0 unspecified atom stereocenters. The van der Waals surface area contributed by atoms with Crippen LogP contribution in [0, 0.1) is 0 Å². The van der Waals surface area contributed by atoms with Gasteiger partial charge in [-0.2, -0.15) is 0 Å². The highest BCUT2D eigenvalue weighted by Crippen LogP contribution is 2.56. The first kappa shape index (κ1) is 19.2. The molecule has 5 nitrogen and oxygen atoms in total. The van der Waals surface area contributed by atoms with Gasteiger partial charge in [-0.15, -0.1) is 0 Å². The van der Waals surface area contributed by atoms with E-state index in [0.29, 0.717) is 17.4 Å². The molecule has 2 aromatic carbocycles. The van der Waals surface area contributed by atoms with Crippen LogP contribution in [0.3, 0.4) is 0 Å². The fourth-order valence-corrected chi connectivity index (χ4v) is 5.83. The molecule has 0 saturated heterocycles. The van der Waals surface area contributed by atoms with Gasteiger partial charge < -0.3 is 15.2 Å². The van der Waals surface area contributed by atoms with Gasteiger partial charge in [0.2, 0.25) is 0 Å². The van der Waals surface area contributed by atoms with Crippen molar-refractivity contribution in [3.63, 3.8) is 0 Å². The summed E-state index contributed by atoms with van der Waals surface area (Å²) in [5, 5.41) is -0.268. The summed E-state index contributed by atoms with van der Waals surface area (Å²) in [5.41, 5.74) is 6.40. The second-order valence-electron chi connectivity index (χ2n) is 6.42. The Bertz CT molecular complexity index is 867. The van der Waals surface area contributed by atoms with Crippen molar-refractivity contribution in [2.45, 2.75) is 28.5 Å². The molecule has 1 aliphatic rings. The van der Waals surface area contributed by atoms with Gasteiger partial charge in [-0.05, 0) is 48.9 Å². The average Bonchev–Trinajstić information content (AvgIpc) is 3.27. The van der Waals surface area contributed by atoms with Crippen molar-refractivity contribution in [2.75, 3.05) is 20.3 Å². The summed E-state index contributed by atoms with van der Waals surface area (Å²) in [6, 6.07) is 13.5. The number of sulfone groups is 1. The van der Waals surface area contributed by atoms with E-state index in [4.69, 9.17) is 26.8 Å². The lowest BCUT2D eigenvalue weighted by Gasteiger charge is -2.12. The van der Waals surface area contributed by atoms with Crippen LogP contribution in [-0.2, 0) is 14.6 Å². The third-order valence-electron chi connectivity index (χ3n) is 4.81. The molecule has 1 aliphatic carbocycles. The van der Waals surface area contributed by atoms with Gasteiger partial charge in [-0.1, -0.05) is 23.7 Å². The Labute approximate surface area is 159 Å². The third kappa shape index (κ3) is 3.34. The van der Waals surface area contributed by atoms with E-state index in [1.165, 1.54) is 12.1 Å². The topological polar surface area (TPSA) is 78.6 Å².